The molecule has 0 N–H and O–H groups in total. The Morgan fingerprint density at radius 1 is 1.03 bits per heavy atom. The average Bonchev–Trinajstić information content (AvgIpc) is 3.06. The van der Waals surface area contributed by atoms with Crippen molar-refractivity contribution in [1.82, 2.24) is 0 Å². The van der Waals surface area contributed by atoms with Gasteiger partial charge in [0.25, 0.3) is 5.91 Å². The van der Waals surface area contributed by atoms with Crippen LogP contribution in [0.4, 0.5) is 11.4 Å². The van der Waals surface area contributed by atoms with Crippen LogP contribution in [0.1, 0.15) is 53.8 Å². The first kappa shape index (κ1) is 20.0. The Bertz CT molecular complexity index is 1090. The first-order valence-corrected chi connectivity index (χ1v) is 10.2. The third-order valence-electron chi connectivity index (χ3n) is 5.74. The Labute approximate surface area is 176 Å². The van der Waals surface area contributed by atoms with Gasteiger partial charge in [0, 0.05) is 24.3 Å². The van der Waals surface area contributed by atoms with Crippen LogP contribution in [0.2, 0.25) is 0 Å². The van der Waals surface area contributed by atoms with Crippen molar-refractivity contribution in [3.63, 3.8) is 0 Å². The Morgan fingerprint density at radius 2 is 1.70 bits per heavy atom. The minimum Gasteiger partial charge on any atom is -0.466 e. The smallest absolute Gasteiger partial charge is 0.262 e. The number of rotatable bonds is 3. The molecule has 2 amide bonds. The van der Waals surface area contributed by atoms with Gasteiger partial charge in [-0.1, -0.05) is 36.4 Å². The molecular formula is C25H26N2O3. The normalized spacial score (nSPS) is 18.1. The molecule has 2 aromatic carbocycles. The van der Waals surface area contributed by atoms with E-state index >= 15 is 0 Å². The first-order valence-electron chi connectivity index (χ1n) is 10.2. The molecule has 4 rings (SSSR count). The summed E-state index contributed by atoms with van der Waals surface area (Å²) in [6.45, 7) is 7.29. The fraction of sp³-hybridized carbons (Fsp3) is 0.280. The fourth-order valence-electron chi connectivity index (χ4n) is 4.48. The van der Waals surface area contributed by atoms with Crippen molar-refractivity contribution in [2.24, 2.45) is 0 Å². The van der Waals surface area contributed by atoms with Crippen LogP contribution < -0.4 is 9.80 Å². The number of furan rings is 1. The lowest BCUT2D eigenvalue weighted by atomic mass is 9.89. The number of hydrogen-bond donors (Lipinski definition) is 0. The maximum absolute atomic E-state index is 13.5. The van der Waals surface area contributed by atoms with Gasteiger partial charge >= 0.3 is 0 Å². The lowest BCUT2D eigenvalue weighted by molar-refractivity contribution is -0.117. The largest absolute Gasteiger partial charge is 0.466 e. The SMILES string of the molecule is CC(=O)N(c1ccccc1)[C@H]1C[C@@H](C)N(C(=O)c2cc(C)oc2C)c2ccccc21. The maximum atomic E-state index is 13.5. The van der Waals surface area contributed by atoms with Gasteiger partial charge in [0.15, 0.2) is 0 Å². The van der Waals surface area contributed by atoms with Crippen molar-refractivity contribution < 1.29 is 14.0 Å². The molecule has 0 unspecified atom stereocenters. The van der Waals surface area contributed by atoms with Crippen molar-refractivity contribution >= 4 is 23.2 Å². The van der Waals surface area contributed by atoms with E-state index in [0.717, 1.165) is 22.7 Å². The van der Waals surface area contributed by atoms with E-state index in [1.54, 1.807) is 13.0 Å². The quantitative estimate of drug-likeness (QED) is 0.587. The predicted octanol–water partition coefficient (Wildman–Crippen LogP) is 5.43. The van der Waals surface area contributed by atoms with Gasteiger partial charge in [0.1, 0.15) is 11.5 Å². The molecule has 30 heavy (non-hydrogen) atoms. The predicted molar refractivity (Wildman–Crippen MR) is 118 cm³/mol. The zero-order chi connectivity index (χ0) is 21.4. The minimum atomic E-state index is -0.146. The number of hydrogen-bond acceptors (Lipinski definition) is 3. The highest BCUT2D eigenvalue weighted by Gasteiger charge is 2.38. The molecule has 0 saturated heterocycles. The van der Waals surface area contributed by atoms with E-state index in [2.05, 4.69) is 0 Å². The number of benzene rings is 2. The van der Waals surface area contributed by atoms with E-state index in [4.69, 9.17) is 4.42 Å². The van der Waals surface area contributed by atoms with Gasteiger partial charge in [-0.3, -0.25) is 9.59 Å². The second kappa shape index (κ2) is 7.82. The summed E-state index contributed by atoms with van der Waals surface area (Å²) in [5.74, 6) is 1.25. The molecule has 0 radical (unpaired) electrons. The molecule has 0 fully saturated rings. The Balaban J connectivity index is 1.80. The third-order valence-corrected chi connectivity index (χ3v) is 5.74. The maximum Gasteiger partial charge on any atom is 0.262 e. The Kier molecular flexibility index (Phi) is 5.20. The summed E-state index contributed by atoms with van der Waals surface area (Å²) >= 11 is 0. The van der Waals surface area contributed by atoms with Crippen LogP contribution in [-0.2, 0) is 4.79 Å². The average molecular weight is 402 g/mol. The highest BCUT2D eigenvalue weighted by molar-refractivity contribution is 6.08. The molecule has 3 aromatic rings. The highest BCUT2D eigenvalue weighted by atomic mass is 16.3. The number of aryl methyl sites for hydroxylation is 2. The van der Waals surface area contributed by atoms with E-state index in [9.17, 15) is 9.59 Å². The van der Waals surface area contributed by atoms with Crippen molar-refractivity contribution in [2.75, 3.05) is 9.80 Å². The topological polar surface area (TPSA) is 53.8 Å². The molecule has 1 aromatic heterocycles. The second-order valence-electron chi connectivity index (χ2n) is 7.89. The van der Waals surface area contributed by atoms with E-state index in [1.807, 2.05) is 85.2 Å². The summed E-state index contributed by atoms with van der Waals surface area (Å²) in [6, 6.07) is 19.1. The number of carbonyl (C=O) groups excluding carboxylic acids is 2. The molecule has 154 valence electrons. The summed E-state index contributed by atoms with van der Waals surface area (Å²) in [7, 11) is 0. The van der Waals surface area contributed by atoms with Gasteiger partial charge < -0.3 is 14.2 Å². The van der Waals surface area contributed by atoms with E-state index in [0.29, 0.717) is 17.7 Å². The van der Waals surface area contributed by atoms with Crippen molar-refractivity contribution in [1.29, 1.82) is 0 Å². The summed E-state index contributed by atoms with van der Waals surface area (Å²) in [4.78, 5) is 29.8. The number of para-hydroxylation sites is 2. The molecular weight excluding hydrogens is 376 g/mol. The number of anilines is 2. The van der Waals surface area contributed by atoms with Crippen LogP contribution in [0.15, 0.2) is 65.1 Å². The van der Waals surface area contributed by atoms with E-state index in [1.165, 1.54) is 0 Å². The van der Waals surface area contributed by atoms with Gasteiger partial charge in [0.2, 0.25) is 5.91 Å². The zero-order valence-corrected chi connectivity index (χ0v) is 17.8. The molecule has 2 heterocycles. The fourth-order valence-corrected chi connectivity index (χ4v) is 4.48. The summed E-state index contributed by atoms with van der Waals surface area (Å²) in [6.07, 6.45) is 0.646. The van der Waals surface area contributed by atoms with Crippen LogP contribution >= 0.6 is 0 Å². The van der Waals surface area contributed by atoms with Crippen LogP contribution in [0, 0.1) is 13.8 Å². The highest BCUT2D eigenvalue weighted by Crippen LogP contribution is 2.42. The Morgan fingerprint density at radius 3 is 2.33 bits per heavy atom. The molecule has 0 aliphatic carbocycles. The Hall–Kier alpha value is -3.34. The number of amides is 2. The van der Waals surface area contributed by atoms with Crippen molar-refractivity contribution in [3.05, 3.63) is 83.3 Å². The van der Waals surface area contributed by atoms with Crippen LogP contribution in [0.3, 0.4) is 0 Å². The summed E-state index contributed by atoms with van der Waals surface area (Å²) in [5, 5.41) is 0. The van der Waals surface area contributed by atoms with Gasteiger partial charge in [0.05, 0.1) is 11.6 Å². The number of carbonyl (C=O) groups is 2. The van der Waals surface area contributed by atoms with Crippen molar-refractivity contribution in [2.45, 2.75) is 46.2 Å². The van der Waals surface area contributed by atoms with Gasteiger partial charge in [-0.05, 0) is 57.0 Å². The van der Waals surface area contributed by atoms with Gasteiger partial charge in [-0.2, -0.15) is 0 Å². The standard InChI is InChI=1S/C25H26N2O3/c1-16-14-24(27(19(4)28)20-10-6-5-7-11-20)21-12-8-9-13-23(21)26(16)25(29)22-15-17(2)30-18(22)3/h5-13,15-16,24H,14H2,1-4H3/t16-,24+/m1/s1. The lowest BCUT2D eigenvalue weighted by Crippen LogP contribution is -2.47. The third kappa shape index (κ3) is 3.41. The van der Waals surface area contributed by atoms with Crippen LogP contribution in [0.25, 0.3) is 0 Å². The van der Waals surface area contributed by atoms with Crippen LogP contribution in [0.5, 0.6) is 0 Å². The van der Waals surface area contributed by atoms with Crippen molar-refractivity contribution in [3.8, 4) is 0 Å². The molecule has 5 nitrogen and oxygen atoms in total. The number of nitrogens with zero attached hydrogens (tertiary/aromatic N) is 2. The van der Waals surface area contributed by atoms with Gasteiger partial charge in [-0.15, -0.1) is 0 Å². The number of fused-ring (bicyclic) bond motifs is 1. The second-order valence-corrected chi connectivity index (χ2v) is 7.89. The summed E-state index contributed by atoms with van der Waals surface area (Å²) in [5.41, 5.74) is 3.25. The van der Waals surface area contributed by atoms with E-state index < -0.39 is 0 Å². The van der Waals surface area contributed by atoms with E-state index in [-0.39, 0.29) is 23.9 Å². The molecule has 0 saturated carbocycles. The molecule has 1 aliphatic heterocycles. The molecule has 5 heteroatoms. The molecule has 2 atom stereocenters. The molecule has 0 bridgehead atoms. The van der Waals surface area contributed by atoms with Crippen LogP contribution in [-0.4, -0.2) is 17.9 Å². The minimum absolute atomic E-state index is 0.0192. The monoisotopic (exact) mass is 402 g/mol. The summed E-state index contributed by atoms with van der Waals surface area (Å²) < 4.78 is 5.60. The zero-order valence-electron chi connectivity index (χ0n) is 17.8. The van der Waals surface area contributed by atoms with Gasteiger partial charge in [-0.25, -0.2) is 0 Å². The molecule has 0 spiro atoms. The first-order chi connectivity index (χ1) is 14.4. The lowest BCUT2D eigenvalue weighted by Gasteiger charge is -2.43. The molecule has 1 aliphatic rings.